The maximum atomic E-state index is 14.6. The Morgan fingerprint density at radius 2 is 1.08 bits per heavy atom. The fraction of sp³-hybridized carbons (Fsp3) is 0.356. The number of methoxy groups -OCH3 is 1. The molecule has 0 spiro atoms. The number of primary amides is 2. The van der Waals surface area contributed by atoms with Crippen LogP contribution >= 0.6 is 12.6 Å². The normalized spacial score (nSPS) is 14.0. The first-order valence-corrected chi connectivity index (χ1v) is 21.7. The number of carbonyl (C=O) groups is 7. The molecule has 0 radical (unpaired) electrons. The Kier molecular flexibility index (Phi) is 17.9. The van der Waals surface area contributed by atoms with E-state index in [-0.39, 0.29) is 31.4 Å². The van der Waals surface area contributed by atoms with E-state index in [0.717, 1.165) is 21.8 Å². The van der Waals surface area contributed by atoms with Crippen LogP contribution in [0.2, 0.25) is 0 Å². The molecule has 346 valence electrons. The van der Waals surface area contributed by atoms with E-state index in [2.05, 4.69) is 49.2 Å². The fourth-order valence-electron chi connectivity index (χ4n) is 7.31. The van der Waals surface area contributed by atoms with Gasteiger partial charge in [-0.1, -0.05) is 48.5 Å². The van der Waals surface area contributed by atoms with Gasteiger partial charge in [0.25, 0.3) is 0 Å². The number of rotatable bonds is 25. The Balaban J connectivity index is 1.46. The lowest BCUT2D eigenvalue weighted by atomic mass is 10.00. The Morgan fingerprint density at radius 3 is 1.55 bits per heavy atom. The largest absolute Gasteiger partial charge is 0.497 e. The number of hydrogen-bond donors (Lipinski definition) is 12. The molecule has 6 atom stereocenters. The van der Waals surface area contributed by atoms with Crippen LogP contribution < -0.4 is 54.3 Å². The number of H-pyrrole nitrogens is 2. The molecule has 0 aliphatic heterocycles. The number of nitrogens with one attached hydrogen (secondary N) is 7. The Bertz CT molecular complexity index is 2460. The second-order valence-electron chi connectivity index (χ2n) is 15.6. The number of aromatic amines is 2. The number of hydrogen-bond acceptors (Lipinski definition) is 11. The van der Waals surface area contributed by atoms with Crippen molar-refractivity contribution in [1.29, 1.82) is 0 Å². The van der Waals surface area contributed by atoms with Crippen molar-refractivity contribution < 1.29 is 38.3 Å². The zero-order valence-corrected chi connectivity index (χ0v) is 36.8. The van der Waals surface area contributed by atoms with E-state index in [4.69, 9.17) is 27.7 Å². The number of ether oxygens (including phenoxy) is 1. The lowest BCUT2D eigenvalue weighted by molar-refractivity contribution is -0.135. The first-order chi connectivity index (χ1) is 31.2. The SMILES string of the molecule is COc1ccc(C[C@H](NC(=O)[C@H](CCCCN)NC(=O)[C@H](Cc2c[nH]c3ccccc23)NC(=O)[C@H](Cc2c[nH]c3ccccc23)NC(=O)[C@@H](N)CC(N)=O)C(=O)N[C@@H](CS)C(N)=O)cc1. The monoisotopic (exact) mass is 911 g/mol. The van der Waals surface area contributed by atoms with Gasteiger partial charge in [0.15, 0.2) is 0 Å². The van der Waals surface area contributed by atoms with Crippen molar-refractivity contribution in [2.24, 2.45) is 22.9 Å². The summed E-state index contributed by atoms with van der Waals surface area (Å²) in [6, 6.07) is 13.9. The number of amides is 7. The van der Waals surface area contributed by atoms with Crippen LogP contribution in [0.15, 0.2) is 85.2 Å². The van der Waals surface area contributed by atoms with Crippen molar-refractivity contribution in [2.45, 2.75) is 81.2 Å². The minimum atomic E-state index is -1.36. The molecule has 5 rings (SSSR count). The maximum absolute atomic E-state index is 14.6. The number of carbonyl (C=O) groups excluding carboxylic acids is 7. The van der Waals surface area contributed by atoms with Crippen LogP contribution in [0.1, 0.15) is 42.4 Å². The van der Waals surface area contributed by atoms with Crippen LogP contribution in [-0.4, -0.2) is 107 Å². The zero-order chi connectivity index (χ0) is 47.0. The summed E-state index contributed by atoms with van der Waals surface area (Å²) in [7, 11) is 1.51. The van der Waals surface area contributed by atoms with E-state index in [9.17, 15) is 33.6 Å². The zero-order valence-electron chi connectivity index (χ0n) is 35.9. The molecule has 3 aromatic carbocycles. The van der Waals surface area contributed by atoms with Gasteiger partial charge in [0.1, 0.15) is 36.0 Å². The number of aromatic nitrogens is 2. The summed E-state index contributed by atoms with van der Waals surface area (Å²) in [6.07, 6.45) is 3.81. The van der Waals surface area contributed by atoms with Crippen LogP contribution in [-0.2, 0) is 52.8 Å². The molecule has 0 saturated heterocycles. The van der Waals surface area contributed by atoms with Gasteiger partial charge < -0.3 is 64.2 Å². The van der Waals surface area contributed by atoms with E-state index in [0.29, 0.717) is 41.8 Å². The van der Waals surface area contributed by atoms with E-state index in [1.54, 1.807) is 36.7 Å². The molecule has 19 nitrogen and oxygen atoms in total. The molecular weight excluding hydrogens is 855 g/mol. The van der Waals surface area contributed by atoms with E-state index in [1.807, 2.05) is 48.5 Å². The molecule has 65 heavy (non-hydrogen) atoms. The first kappa shape index (κ1) is 49.1. The molecule has 2 aromatic heterocycles. The number of benzene rings is 3. The number of nitrogens with two attached hydrogens (primary N) is 4. The van der Waals surface area contributed by atoms with Crippen molar-refractivity contribution in [2.75, 3.05) is 19.4 Å². The number of para-hydroxylation sites is 2. The Hall–Kier alpha value is -6.90. The Morgan fingerprint density at radius 1 is 0.615 bits per heavy atom. The minimum Gasteiger partial charge on any atom is -0.497 e. The van der Waals surface area contributed by atoms with Crippen molar-refractivity contribution in [3.8, 4) is 5.75 Å². The number of unbranched alkanes of at least 4 members (excludes halogenated alkanes) is 1. The molecule has 0 fully saturated rings. The van der Waals surface area contributed by atoms with Crippen LogP contribution in [0.5, 0.6) is 5.75 Å². The van der Waals surface area contributed by atoms with Gasteiger partial charge >= 0.3 is 0 Å². The van der Waals surface area contributed by atoms with Gasteiger partial charge in [-0.2, -0.15) is 12.6 Å². The molecule has 0 saturated carbocycles. The quantitative estimate of drug-likeness (QED) is 0.0272. The van der Waals surface area contributed by atoms with Crippen LogP contribution in [0, 0.1) is 0 Å². The topological polar surface area (TPSA) is 325 Å². The van der Waals surface area contributed by atoms with Gasteiger partial charge in [0, 0.05) is 59.2 Å². The molecule has 20 heteroatoms. The van der Waals surface area contributed by atoms with Gasteiger partial charge in [-0.15, -0.1) is 0 Å². The molecule has 2 heterocycles. The molecule has 15 N–H and O–H groups in total. The molecule has 7 amide bonds. The average Bonchev–Trinajstić information content (AvgIpc) is 3.90. The lowest BCUT2D eigenvalue weighted by Gasteiger charge is -2.27. The summed E-state index contributed by atoms with van der Waals surface area (Å²) in [5.41, 5.74) is 26.1. The maximum Gasteiger partial charge on any atom is 0.243 e. The molecule has 0 aliphatic carbocycles. The third-order valence-electron chi connectivity index (χ3n) is 10.9. The highest BCUT2D eigenvalue weighted by molar-refractivity contribution is 7.80. The van der Waals surface area contributed by atoms with Crippen molar-refractivity contribution >= 4 is 75.8 Å². The number of thiol groups is 1. The standard InChI is InChI=1S/C45H57N11O8S/c1-64-28-15-13-25(14-16-28)18-35(43(61)56-38(24-65)40(49)58)54-42(60)34(12-6-7-17-46)52-44(62)37(20-27-23-51-33-11-5-3-9-30(27)33)55-45(63)36(53-41(59)31(47)21-39(48)57)19-26-22-50-32-10-4-2-8-29(26)32/h2-5,8-11,13-16,22-23,31,34-38,50-51,65H,6-7,12,17-21,24,46-47H2,1H3,(H2,48,57)(H2,49,58)(H,52,62)(H,53,59)(H,54,60)(H,55,63)(H,56,61)/t31-,34-,35-,36-,37-,38-/m0/s1. The summed E-state index contributed by atoms with van der Waals surface area (Å²) in [4.78, 5) is 100. The second-order valence-corrected chi connectivity index (χ2v) is 16.0. The van der Waals surface area contributed by atoms with Crippen molar-refractivity contribution in [3.63, 3.8) is 0 Å². The minimum absolute atomic E-state index is 0.0189. The molecule has 0 bridgehead atoms. The predicted molar refractivity (Wildman–Crippen MR) is 248 cm³/mol. The molecule has 0 unspecified atom stereocenters. The van der Waals surface area contributed by atoms with Gasteiger partial charge in [0.2, 0.25) is 41.4 Å². The molecule has 5 aromatic rings. The summed E-state index contributed by atoms with van der Waals surface area (Å²) in [5.74, 6) is -4.94. The van der Waals surface area contributed by atoms with Crippen LogP contribution in [0.3, 0.4) is 0 Å². The third kappa shape index (κ3) is 13.8. The number of fused-ring (bicyclic) bond motifs is 2. The van der Waals surface area contributed by atoms with E-state index >= 15 is 0 Å². The highest BCUT2D eigenvalue weighted by Crippen LogP contribution is 2.22. The summed E-state index contributed by atoms with van der Waals surface area (Å²) < 4.78 is 5.26. The lowest BCUT2D eigenvalue weighted by Crippen LogP contribution is -2.60. The van der Waals surface area contributed by atoms with E-state index in [1.165, 1.54) is 7.11 Å². The highest BCUT2D eigenvalue weighted by atomic mass is 32.1. The van der Waals surface area contributed by atoms with Gasteiger partial charge in [-0.05, 0) is 66.8 Å². The van der Waals surface area contributed by atoms with Gasteiger partial charge in [0.05, 0.1) is 19.6 Å². The van der Waals surface area contributed by atoms with Crippen molar-refractivity contribution in [3.05, 3.63) is 102 Å². The molecular formula is C45H57N11O8S. The summed E-state index contributed by atoms with van der Waals surface area (Å²) in [6.45, 7) is 0.300. The molecule has 0 aliphatic rings. The Labute approximate surface area is 380 Å². The second kappa shape index (κ2) is 23.7. The van der Waals surface area contributed by atoms with Crippen LogP contribution in [0.25, 0.3) is 21.8 Å². The van der Waals surface area contributed by atoms with Gasteiger partial charge in [-0.25, -0.2) is 0 Å². The highest BCUT2D eigenvalue weighted by Gasteiger charge is 2.34. The first-order valence-electron chi connectivity index (χ1n) is 21.1. The third-order valence-corrected chi connectivity index (χ3v) is 11.2. The predicted octanol–water partition coefficient (Wildman–Crippen LogP) is -0.143. The fourth-order valence-corrected chi connectivity index (χ4v) is 7.58. The van der Waals surface area contributed by atoms with Gasteiger partial charge in [-0.3, -0.25) is 33.6 Å². The van der Waals surface area contributed by atoms with E-state index < -0.39 is 84.0 Å². The smallest absolute Gasteiger partial charge is 0.243 e. The van der Waals surface area contributed by atoms with Crippen LogP contribution in [0.4, 0.5) is 0 Å². The average molecular weight is 912 g/mol. The summed E-state index contributed by atoms with van der Waals surface area (Å²) in [5, 5.41) is 15.1. The summed E-state index contributed by atoms with van der Waals surface area (Å²) >= 11 is 4.14. The van der Waals surface area contributed by atoms with Crippen molar-refractivity contribution in [1.82, 2.24) is 36.6 Å².